The van der Waals surface area contributed by atoms with Crippen LogP contribution in [0.5, 0.6) is 0 Å². The van der Waals surface area contributed by atoms with Crippen LogP contribution in [0.2, 0.25) is 0 Å². The number of H-pyrrole nitrogens is 1. The van der Waals surface area contributed by atoms with Crippen LogP contribution in [-0.2, 0) is 6.42 Å². The quantitative estimate of drug-likeness (QED) is 0.241. The minimum Gasteiger partial charge on any atom is -0.344 e. The van der Waals surface area contributed by atoms with E-state index in [1.165, 1.54) is 4.57 Å². The SMILES string of the molecule is O=C(c1cc([N+](=O)[O-])c(Nc2ccccc2)c([N+](=O)[O-])c1)n1c(Cc2ccccc2)[nH+]c2ccccc21. The zero-order chi connectivity index (χ0) is 25.9. The van der Waals surface area contributed by atoms with Gasteiger partial charge in [0.05, 0.1) is 21.8 Å². The van der Waals surface area contributed by atoms with E-state index in [-0.39, 0.29) is 11.3 Å². The number of para-hydroxylation sites is 3. The molecule has 10 nitrogen and oxygen atoms in total. The number of carbonyl (C=O) groups is 1. The Morgan fingerprint density at radius 1 is 0.811 bits per heavy atom. The van der Waals surface area contributed by atoms with Gasteiger partial charge in [0, 0.05) is 17.8 Å². The Labute approximate surface area is 210 Å². The van der Waals surface area contributed by atoms with E-state index in [4.69, 9.17) is 0 Å². The molecule has 0 aliphatic rings. The Morgan fingerprint density at radius 2 is 1.38 bits per heavy atom. The highest BCUT2D eigenvalue weighted by Gasteiger charge is 2.33. The number of rotatable bonds is 7. The first-order chi connectivity index (χ1) is 17.9. The number of nitrogens with zero attached hydrogens (tertiary/aromatic N) is 3. The van der Waals surface area contributed by atoms with Gasteiger partial charge >= 0.3 is 17.3 Å². The Bertz CT molecular complexity index is 1610. The summed E-state index contributed by atoms with van der Waals surface area (Å²) in [6, 6.07) is 27.2. The van der Waals surface area contributed by atoms with E-state index in [1.807, 2.05) is 42.5 Å². The van der Waals surface area contributed by atoms with Gasteiger partial charge in [0.25, 0.3) is 5.82 Å². The van der Waals surface area contributed by atoms with Gasteiger partial charge in [-0.2, -0.15) is 4.57 Å². The third-order valence-electron chi connectivity index (χ3n) is 5.89. The fourth-order valence-electron chi connectivity index (χ4n) is 4.22. The average molecular weight is 494 g/mol. The molecule has 5 aromatic rings. The van der Waals surface area contributed by atoms with E-state index in [9.17, 15) is 25.0 Å². The van der Waals surface area contributed by atoms with Gasteiger partial charge in [-0.25, -0.2) is 9.78 Å². The molecule has 0 radical (unpaired) electrons. The molecule has 1 aromatic heterocycles. The summed E-state index contributed by atoms with van der Waals surface area (Å²) in [5.41, 5.74) is 0.979. The van der Waals surface area contributed by atoms with Crippen LogP contribution in [0.1, 0.15) is 21.7 Å². The highest BCUT2D eigenvalue weighted by atomic mass is 16.6. The molecule has 37 heavy (non-hydrogen) atoms. The molecule has 0 saturated heterocycles. The van der Waals surface area contributed by atoms with Crippen LogP contribution in [0.4, 0.5) is 22.7 Å². The smallest absolute Gasteiger partial charge is 0.344 e. The maximum absolute atomic E-state index is 13.8. The standard InChI is InChI=1S/C27H19N5O5/c33-27(30-22-14-8-7-13-21(22)29-25(30)15-18-9-3-1-4-10-18)19-16-23(31(34)35)26(24(17-19)32(36)37)28-20-11-5-2-6-12-20/h1-14,16-17,28H,15H2/p+1. The molecule has 0 aliphatic carbocycles. The fraction of sp³-hybridized carbons (Fsp3) is 0.0370. The van der Waals surface area contributed by atoms with Gasteiger partial charge in [-0.3, -0.25) is 20.2 Å². The van der Waals surface area contributed by atoms with Crippen molar-refractivity contribution in [1.29, 1.82) is 0 Å². The lowest BCUT2D eigenvalue weighted by molar-refractivity contribution is -0.392. The number of hydrogen-bond donors (Lipinski definition) is 1. The van der Waals surface area contributed by atoms with Crippen molar-refractivity contribution in [3.63, 3.8) is 0 Å². The predicted molar refractivity (Wildman–Crippen MR) is 137 cm³/mol. The van der Waals surface area contributed by atoms with Crippen LogP contribution < -0.4 is 10.3 Å². The number of fused-ring (bicyclic) bond motifs is 1. The molecule has 4 aromatic carbocycles. The number of aromatic amines is 1. The molecule has 0 aliphatic heterocycles. The van der Waals surface area contributed by atoms with Crippen molar-refractivity contribution in [2.45, 2.75) is 6.42 Å². The molecular formula is C27H20N5O5+. The lowest BCUT2D eigenvalue weighted by Gasteiger charge is -2.09. The summed E-state index contributed by atoms with van der Waals surface area (Å²) >= 11 is 0. The van der Waals surface area contributed by atoms with E-state index < -0.39 is 27.1 Å². The molecule has 0 fully saturated rings. The molecule has 0 unspecified atom stereocenters. The number of aromatic nitrogens is 2. The number of nitro benzene ring substituents is 2. The Balaban J connectivity index is 1.66. The molecular weight excluding hydrogens is 474 g/mol. The second-order valence-electron chi connectivity index (χ2n) is 8.29. The second kappa shape index (κ2) is 9.70. The van der Waals surface area contributed by atoms with E-state index in [0.717, 1.165) is 17.7 Å². The van der Waals surface area contributed by atoms with E-state index >= 15 is 0 Å². The van der Waals surface area contributed by atoms with E-state index in [0.29, 0.717) is 29.0 Å². The minimum absolute atomic E-state index is 0.180. The highest BCUT2D eigenvalue weighted by Crippen LogP contribution is 2.38. The lowest BCUT2D eigenvalue weighted by Crippen LogP contribution is -2.20. The number of anilines is 2. The summed E-state index contributed by atoms with van der Waals surface area (Å²) in [4.78, 5) is 39.6. The van der Waals surface area contributed by atoms with Gasteiger partial charge in [-0.05, 0) is 29.8 Å². The fourth-order valence-corrected chi connectivity index (χ4v) is 4.22. The van der Waals surface area contributed by atoms with Gasteiger partial charge in [-0.1, -0.05) is 60.7 Å². The summed E-state index contributed by atoms with van der Waals surface area (Å²) in [5.74, 6) is -0.0879. The summed E-state index contributed by atoms with van der Waals surface area (Å²) in [5, 5.41) is 26.7. The first-order valence-corrected chi connectivity index (χ1v) is 11.3. The van der Waals surface area contributed by atoms with E-state index in [1.54, 1.807) is 42.5 Å². The summed E-state index contributed by atoms with van der Waals surface area (Å²) in [7, 11) is 0. The molecule has 5 rings (SSSR count). The molecule has 10 heteroatoms. The number of nitrogens with one attached hydrogen (secondary N) is 2. The zero-order valence-corrected chi connectivity index (χ0v) is 19.3. The predicted octanol–water partition coefficient (Wildman–Crippen LogP) is 5.29. The number of nitro groups is 2. The number of benzene rings is 4. The number of hydrogen-bond acceptors (Lipinski definition) is 6. The van der Waals surface area contributed by atoms with Gasteiger partial charge in [0.2, 0.25) is 0 Å². The Morgan fingerprint density at radius 3 is 2.00 bits per heavy atom. The topological polar surface area (TPSA) is 134 Å². The van der Waals surface area contributed by atoms with Gasteiger partial charge < -0.3 is 5.32 Å². The van der Waals surface area contributed by atoms with Crippen LogP contribution in [-0.4, -0.2) is 20.3 Å². The largest absolute Gasteiger partial charge is 0.346 e. The normalized spacial score (nSPS) is 10.8. The highest BCUT2D eigenvalue weighted by molar-refractivity contribution is 6.03. The first kappa shape index (κ1) is 23.4. The van der Waals surface area contributed by atoms with E-state index in [2.05, 4.69) is 10.3 Å². The maximum Gasteiger partial charge on any atom is 0.346 e. The average Bonchev–Trinajstić information content (AvgIpc) is 3.27. The maximum atomic E-state index is 13.8. The van der Waals surface area contributed by atoms with Crippen LogP contribution in [0.25, 0.3) is 11.0 Å². The van der Waals surface area contributed by atoms with Crippen molar-refractivity contribution in [1.82, 2.24) is 4.57 Å². The molecule has 0 spiro atoms. The van der Waals surface area contributed by atoms with Gasteiger partial charge in [-0.15, -0.1) is 0 Å². The van der Waals surface area contributed by atoms with Crippen molar-refractivity contribution < 1.29 is 19.6 Å². The Kier molecular flexibility index (Phi) is 6.13. The second-order valence-corrected chi connectivity index (χ2v) is 8.29. The van der Waals surface area contributed by atoms with Crippen LogP contribution in [0.15, 0.2) is 97.1 Å². The molecule has 0 amide bonds. The van der Waals surface area contributed by atoms with Crippen LogP contribution >= 0.6 is 0 Å². The number of imidazole rings is 1. The van der Waals surface area contributed by atoms with Crippen molar-refractivity contribution in [2.75, 3.05) is 5.32 Å². The molecule has 2 N–H and O–H groups in total. The van der Waals surface area contributed by atoms with Crippen LogP contribution in [0.3, 0.4) is 0 Å². The van der Waals surface area contributed by atoms with Crippen LogP contribution in [0, 0.1) is 20.2 Å². The summed E-state index contributed by atoms with van der Waals surface area (Å²) < 4.78 is 1.41. The third kappa shape index (κ3) is 4.63. The van der Waals surface area contributed by atoms with Gasteiger partial charge in [0.1, 0.15) is 0 Å². The Hall–Kier alpha value is -5.38. The molecule has 0 atom stereocenters. The molecule has 0 saturated carbocycles. The van der Waals surface area contributed by atoms with Crippen molar-refractivity contribution in [3.8, 4) is 0 Å². The summed E-state index contributed by atoms with van der Waals surface area (Å²) in [6.45, 7) is 0. The monoisotopic (exact) mass is 494 g/mol. The van der Waals surface area contributed by atoms with Crippen molar-refractivity contribution in [2.24, 2.45) is 0 Å². The molecule has 1 heterocycles. The minimum atomic E-state index is -0.736. The summed E-state index contributed by atoms with van der Waals surface area (Å²) in [6.07, 6.45) is 0.374. The van der Waals surface area contributed by atoms with Gasteiger partial charge in [0.15, 0.2) is 16.7 Å². The number of carbonyl (C=O) groups excluding carboxylic acids is 1. The lowest BCUT2D eigenvalue weighted by atomic mass is 10.1. The molecule has 182 valence electrons. The van der Waals surface area contributed by atoms with Crippen molar-refractivity contribution >= 4 is 39.7 Å². The van der Waals surface area contributed by atoms with Crippen molar-refractivity contribution in [3.05, 3.63) is 134 Å². The zero-order valence-electron chi connectivity index (χ0n) is 19.3. The third-order valence-corrected chi connectivity index (χ3v) is 5.89. The molecule has 0 bridgehead atoms. The first-order valence-electron chi connectivity index (χ1n) is 11.3.